The lowest BCUT2D eigenvalue weighted by molar-refractivity contribution is -0.111. The third kappa shape index (κ3) is 4.94. The van der Waals surface area contributed by atoms with Gasteiger partial charge < -0.3 is 14.8 Å². The Morgan fingerprint density at radius 3 is 2.76 bits per heavy atom. The van der Waals surface area contributed by atoms with Crippen LogP contribution in [0.4, 0.5) is 10.1 Å². The van der Waals surface area contributed by atoms with Crippen LogP contribution < -0.4 is 14.8 Å². The highest BCUT2D eigenvalue weighted by molar-refractivity contribution is 6.32. The first-order valence-corrected chi connectivity index (χ1v) is 9.05. The maximum atomic E-state index is 13.8. The standard InChI is InChI=1S/C21H19ClFN3O3/c1-28-19-8-3-5-14(21(19)29-2)12-26-13-15(11-24-26)25-20(27)10-9-16-17(22)6-4-7-18(16)23/h3-11,13H,12H2,1-2H3,(H,25,27). The predicted octanol–water partition coefficient (Wildman–Crippen LogP) is 4.39. The molecule has 6 nitrogen and oxygen atoms in total. The van der Waals surface area contributed by atoms with E-state index in [1.165, 1.54) is 30.5 Å². The smallest absolute Gasteiger partial charge is 0.248 e. The van der Waals surface area contributed by atoms with Gasteiger partial charge in [-0.05, 0) is 24.3 Å². The molecule has 1 N–H and O–H groups in total. The lowest BCUT2D eigenvalue weighted by atomic mass is 10.2. The molecule has 0 aliphatic rings. The zero-order valence-electron chi connectivity index (χ0n) is 15.9. The molecule has 0 saturated carbocycles. The Morgan fingerprint density at radius 2 is 2.03 bits per heavy atom. The van der Waals surface area contributed by atoms with Crippen molar-refractivity contribution in [1.29, 1.82) is 0 Å². The summed E-state index contributed by atoms with van der Waals surface area (Å²) in [4.78, 5) is 12.1. The van der Waals surface area contributed by atoms with Crippen LogP contribution in [0.2, 0.25) is 5.02 Å². The van der Waals surface area contributed by atoms with Crippen LogP contribution in [0.1, 0.15) is 11.1 Å². The topological polar surface area (TPSA) is 65.4 Å². The van der Waals surface area contributed by atoms with Crippen molar-refractivity contribution in [3.05, 3.63) is 76.8 Å². The summed E-state index contributed by atoms with van der Waals surface area (Å²) in [5, 5.41) is 7.15. The van der Waals surface area contributed by atoms with Crippen molar-refractivity contribution in [3.8, 4) is 11.5 Å². The largest absolute Gasteiger partial charge is 0.493 e. The minimum atomic E-state index is -0.499. The molecule has 8 heteroatoms. The molecule has 0 atom stereocenters. The summed E-state index contributed by atoms with van der Waals surface area (Å²) in [7, 11) is 3.15. The lowest BCUT2D eigenvalue weighted by Crippen LogP contribution is -2.07. The number of ether oxygens (including phenoxy) is 2. The van der Waals surface area contributed by atoms with Crippen molar-refractivity contribution in [3.63, 3.8) is 0 Å². The SMILES string of the molecule is COc1cccc(Cn2cc(NC(=O)C=Cc3c(F)cccc3Cl)cn2)c1OC. The van der Waals surface area contributed by atoms with Gasteiger partial charge in [0.25, 0.3) is 0 Å². The Morgan fingerprint density at radius 1 is 1.24 bits per heavy atom. The van der Waals surface area contributed by atoms with Crippen LogP contribution in [0.5, 0.6) is 11.5 Å². The highest BCUT2D eigenvalue weighted by Gasteiger charge is 2.11. The van der Waals surface area contributed by atoms with Gasteiger partial charge in [0.15, 0.2) is 11.5 Å². The second-order valence-electron chi connectivity index (χ2n) is 6.04. The summed E-state index contributed by atoms with van der Waals surface area (Å²) in [5.74, 6) is 0.327. The second kappa shape index (κ2) is 9.25. The molecular formula is C21H19ClFN3O3. The molecule has 3 rings (SSSR count). The van der Waals surface area contributed by atoms with Crippen molar-refractivity contribution in [1.82, 2.24) is 9.78 Å². The molecule has 0 aliphatic carbocycles. The highest BCUT2D eigenvalue weighted by Crippen LogP contribution is 2.31. The van der Waals surface area contributed by atoms with Gasteiger partial charge in [0.05, 0.1) is 37.7 Å². The van der Waals surface area contributed by atoms with E-state index >= 15 is 0 Å². The molecule has 2 aromatic carbocycles. The molecule has 1 amide bonds. The number of benzene rings is 2. The Bertz CT molecular complexity index is 1030. The number of nitrogens with zero attached hydrogens (tertiary/aromatic N) is 2. The van der Waals surface area contributed by atoms with E-state index in [0.717, 1.165) is 5.56 Å². The van der Waals surface area contributed by atoms with Crippen LogP contribution in [0.15, 0.2) is 54.9 Å². The van der Waals surface area contributed by atoms with Gasteiger partial charge in [0.1, 0.15) is 5.82 Å². The predicted molar refractivity (Wildman–Crippen MR) is 110 cm³/mol. The summed E-state index contributed by atoms with van der Waals surface area (Å²) in [6, 6.07) is 9.91. The second-order valence-corrected chi connectivity index (χ2v) is 6.44. The van der Waals surface area contributed by atoms with Gasteiger partial charge >= 0.3 is 0 Å². The van der Waals surface area contributed by atoms with E-state index in [2.05, 4.69) is 10.4 Å². The Hall–Kier alpha value is -3.32. The van der Waals surface area contributed by atoms with Gasteiger partial charge in [-0.3, -0.25) is 9.48 Å². The molecule has 150 valence electrons. The van der Waals surface area contributed by atoms with E-state index in [1.807, 2.05) is 18.2 Å². The molecule has 0 saturated heterocycles. The maximum absolute atomic E-state index is 13.8. The highest BCUT2D eigenvalue weighted by atomic mass is 35.5. The minimum absolute atomic E-state index is 0.158. The average Bonchev–Trinajstić information content (AvgIpc) is 3.14. The Balaban J connectivity index is 1.68. The van der Waals surface area contributed by atoms with Crippen LogP contribution in [-0.2, 0) is 11.3 Å². The molecule has 1 aromatic heterocycles. The lowest BCUT2D eigenvalue weighted by Gasteiger charge is -2.12. The molecule has 0 bridgehead atoms. The molecule has 29 heavy (non-hydrogen) atoms. The number of anilines is 1. The molecule has 0 spiro atoms. The van der Waals surface area contributed by atoms with Gasteiger partial charge in [-0.2, -0.15) is 5.10 Å². The number of methoxy groups -OCH3 is 2. The molecule has 0 radical (unpaired) electrons. The van der Waals surface area contributed by atoms with Gasteiger partial charge in [0.2, 0.25) is 5.91 Å². The minimum Gasteiger partial charge on any atom is -0.493 e. The zero-order valence-corrected chi connectivity index (χ0v) is 16.6. The van der Waals surface area contributed by atoms with E-state index in [9.17, 15) is 9.18 Å². The van der Waals surface area contributed by atoms with E-state index in [4.69, 9.17) is 21.1 Å². The Kier molecular flexibility index (Phi) is 6.51. The molecule has 1 heterocycles. The molecular weight excluding hydrogens is 397 g/mol. The summed E-state index contributed by atoms with van der Waals surface area (Å²) >= 11 is 5.94. The van der Waals surface area contributed by atoms with Crippen molar-refractivity contribution in [2.45, 2.75) is 6.54 Å². The number of halogens is 2. The fourth-order valence-electron chi connectivity index (χ4n) is 2.78. The number of aromatic nitrogens is 2. The number of rotatable bonds is 7. The fourth-order valence-corrected chi connectivity index (χ4v) is 3.01. The first-order chi connectivity index (χ1) is 14.0. The summed E-state index contributed by atoms with van der Waals surface area (Å²) < 4.78 is 26.1. The van der Waals surface area contributed by atoms with Gasteiger partial charge in [-0.1, -0.05) is 29.8 Å². The number of carbonyl (C=O) groups is 1. The van der Waals surface area contributed by atoms with Crippen LogP contribution in [0.25, 0.3) is 6.08 Å². The number of hydrogen-bond acceptors (Lipinski definition) is 4. The third-order valence-electron chi connectivity index (χ3n) is 4.12. The van der Waals surface area contributed by atoms with Crippen LogP contribution in [0, 0.1) is 5.82 Å². The van der Waals surface area contributed by atoms with Crippen molar-refractivity contribution in [2.75, 3.05) is 19.5 Å². The number of amides is 1. The van der Waals surface area contributed by atoms with E-state index in [0.29, 0.717) is 23.7 Å². The molecule has 0 unspecified atom stereocenters. The molecule has 3 aromatic rings. The Labute approximate surface area is 172 Å². The zero-order chi connectivity index (χ0) is 20.8. The number of nitrogens with one attached hydrogen (secondary N) is 1. The normalized spacial score (nSPS) is 10.9. The number of hydrogen-bond donors (Lipinski definition) is 1. The van der Waals surface area contributed by atoms with Crippen molar-refractivity contribution >= 4 is 29.3 Å². The third-order valence-corrected chi connectivity index (χ3v) is 4.45. The monoisotopic (exact) mass is 415 g/mol. The van der Waals surface area contributed by atoms with Crippen LogP contribution >= 0.6 is 11.6 Å². The van der Waals surface area contributed by atoms with E-state index in [1.54, 1.807) is 31.2 Å². The van der Waals surface area contributed by atoms with E-state index < -0.39 is 11.7 Å². The summed E-state index contributed by atoms with van der Waals surface area (Å²) in [6.07, 6.45) is 5.75. The van der Waals surface area contributed by atoms with Gasteiger partial charge in [-0.15, -0.1) is 0 Å². The first kappa shape index (κ1) is 20.4. The fraction of sp³-hybridized carbons (Fsp3) is 0.143. The molecule has 0 fully saturated rings. The first-order valence-electron chi connectivity index (χ1n) is 8.67. The van der Waals surface area contributed by atoms with Crippen LogP contribution in [-0.4, -0.2) is 29.9 Å². The summed E-state index contributed by atoms with van der Waals surface area (Å²) in [6.45, 7) is 0.427. The van der Waals surface area contributed by atoms with Crippen molar-refractivity contribution < 1.29 is 18.7 Å². The van der Waals surface area contributed by atoms with E-state index in [-0.39, 0.29) is 10.6 Å². The summed E-state index contributed by atoms with van der Waals surface area (Å²) in [5.41, 5.74) is 1.54. The van der Waals surface area contributed by atoms with Gasteiger partial charge in [0, 0.05) is 23.4 Å². The quantitative estimate of drug-likeness (QED) is 0.581. The number of carbonyl (C=O) groups excluding carboxylic acids is 1. The number of para-hydroxylation sites is 1. The average molecular weight is 416 g/mol. The maximum Gasteiger partial charge on any atom is 0.248 e. The van der Waals surface area contributed by atoms with Crippen LogP contribution in [0.3, 0.4) is 0 Å². The van der Waals surface area contributed by atoms with Gasteiger partial charge in [-0.25, -0.2) is 4.39 Å². The molecule has 0 aliphatic heterocycles. The van der Waals surface area contributed by atoms with Crippen molar-refractivity contribution in [2.24, 2.45) is 0 Å².